The highest BCUT2D eigenvalue weighted by atomic mass is 31.0. The Kier molecular flexibility index (Phi) is 6.00. The maximum atomic E-state index is 9.38. The van der Waals surface area contributed by atoms with Crippen LogP contribution in [-0.2, 0) is 0 Å². The molecule has 0 bridgehead atoms. The molecule has 0 amide bonds. The molecular weight excluding hydrogens is 193 g/mol. The van der Waals surface area contributed by atoms with E-state index in [-0.39, 0.29) is 6.10 Å². The number of hydrogen-bond donors (Lipinski definition) is 1. The summed E-state index contributed by atoms with van der Waals surface area (Å²) in [5, 5.41) is 9.38. The largest absolute Gasteiger partial charge is 0.393 e. The van der Waals surface area contributed by atoms with Gasteiger partial charge in [-0.25, -0.2) is 0 Å². The van der Waals surface area contributed by atoms with Crippen LogP contribution in [0.4, 0.5) is 0 Å². The minimum atomic E-state index is -0.00439. The van der Waals surface area contributed by atoms with Crippen molar-refractivity contribution in [2.45, 2.75) is 45.1 Å². The van der Waals surface area contributed by atoms with Crippen molar-refractivity contribution in [2.75, 3.05) is 19.4 Å². The Bertz CT molecular complexity index is 142. The van der Waals surface area contributed by atoms with Crippen molar-refractivity contribution < 1.29 is 5.11 Å². The predicted octanol–water partition coefficient (Wildman–Crippen LogP) is 2.08. The quantitative estimate of drug-likeness (QED) is 0.713. The maximum absolute atomic E-state index is 9.38. The van der Waals surface area contributed by atoms with Crippen LogP contribution in [0.1, 0.15) is 39.0 Å². The molecule has 3 heteroatoms. The van der Waals surface area contributed by atoms with Crippen molar-refractivity contribution in [1.29, 1.82) is 0 Å². The van der Waals surface area contributed by atoms with Crippen LogP contribution in [0.5, 0.6) is 0 Å². The zero-order valence-corrected chi connectivity index (χ0v) is 10.4. The molecule has 1 saturated carbocycles. The van der Waals surface area contributed by atoms with E-state index in [9.17, 15) is 5.11 Å². The van der Waals surface area contributed by atoms with E-state index in [0.717, 1.165) is 31.6 Å². The maximum Gasteiger partial charge on any atom is 0.0540 e. The lowest BCUT2D eigenvalue weighted by molar-refractivity contribution is 0.103. The van der Waals surface area contributed by atoms with E-state index >= 15 is 0 Å². The first-order chi connectivity index (χ1) is 6.76. The first kappa shape index (κ1) is 12.4. The van der Waals surface area contributed by atoms with Crippen LogP contribution in [0.3, 0.4) is 0 Å². The van der Waals surface area contributed by atoms with Crippen molar-refractivity contribution in [1.82, 2.24) is 4.90 Å². The van der Waals surface area contributed by atoms with E-state index in [1.54, 1.807) is 0 Å². The van der Waals surface area contributed by atoms with Gasteiger partial charge in [-0.3, -0.25) is 0 Å². The van der Waals surface area contributed by atoms with Gasteiger partial charge in [0.2, 0.25) is 0 Å². The fourth-order valence-corrected chi connectivity index (χ4v) is 2.62. The molecule has 1 N–H and O–H groups in total. The zero-order chi connectivity index (χ0) is 10.4. The van der Waals surface area contributed by atoms with E-state index in [2.05, 4.69) is 21.1 Å². The van der Waals surface area contributed by atoms with Gasteiger partial charge in [0.05, 0.1) is 6.10 Å². The molecule has 84 valence electrons. The molecule has 0 aromatic heterocycles. The summed E-state index contributed by atoms with van der Waals surface area (Å²) in [5.41, 5.74) is 0. The third-order valence-electron chi connectivity index (χ3n) is 3.38. The SMILES string of the molecule is CCN(CP)CCC1CCC(O)CC1. The average Bonchev–Trinajstić information content (AvgIpc) is 2.22. The smallest absolute Gasteiger partial charge is 0.0540 e. The van der Waals surface area contributed by atoms with Gasteiger partial charge in [-0.05, 0) is 51.1 Å². The molecule has 1 fully saturated rings. The van der Waals surface area contributed by atoms with E-state index in [0.29, 0.717) is 0 Å². The van der Waals surface area contributed by atoms with Gasteiger partial charge >= 0.3 is 0 Å². The number of hydrogen-bond acceptors (Lipinski definition) is 2. The molecule has 0 radical (unpaired) electrons. The summed E-state index contributed by atoms with van der Waals surface area (Å²) in [5.74, 6) is 0.865. The lowest BCUT2D eigenvalue weighted by Gasteiger charge is -2.27. The molecule has 0 saturated heterocycles. The Balaban J connectivity index is 2.12. The molecule has 1 unspecified atom stereocenters. The van der Waals surface area contributed by atoms with Crippen LogP contribution in [0.2, 0.25) is 0 Å². The molecule has 1 rings (SSSR count). The van der Waals surface area contributed by atoms with Crippen LogP contribution in [0.15, 0.2) is 0 Å². The Hall–Kier alpha value is 0.350. The van der Waals surface area contributed by atoms with Crippen molar-refractivity contribution in [3.63, 3.8) is 0 Å². The summed E-state index contributed by atoms with van der Waals surface area (Å²) < 4.78 is 0. The summed E-state index contributed by atoms with van der Waals surface area (Å²) in [4.78, 5) is 2.45. The molecule has 0 spiro atoms. The van der Waals surface area contributed by atoms with E-state index < -0.39 is 0 Å². The van der Waals surface area contributed by atoms with Gasteiger partial charge in [0.15, 0.2) is 0 Å². The van der Waals surface area contributed by atoms with Crippen LogP contribution >= 0.6 is 9.24 Å². The van der Waals surface area contributed by atoms with Crippen molar-refractivity contribution in [3.8, 4) is 0 Å². The standard InChI is InChI=1S/C11H24NOP/c1-2-12(9-14)8-7-10-3-5-11(13)6-4-10/h10-11,13H,2-9,14H2,1H3. The lowest BCUT2D eigenvalue weighted by Crippen LogP contribution is -2.26. The van der Waals surface area contributed by atoms with Crippen molar-refractivity contribution >= 4 is 9.24 Å². The second kappa shape index (κ2) is 6.76. The molecule has 0 aliphatic heterocycles. The van der Waals surface area contributed by atoms with Crippen molar-refractivity contribution in [3.05, 3.63) is 0 Å². The van der Waals surface area contributed by atoms with Gasteiger partial charge in [0.1, 0.15) is 0 Å². The number of nitrogens with zero attached hydrogens (tertiary/aromatic N) is 1. The van der Waals surface area contributed by atoms with Crippen molar-refractivity contribution in [2.24, 2.45) is 5.92 Å². The first-order valence-corrected chi connectivity index (χ1v) is 6.68. The van der Waals surface area contributed by atoms with Crippen LogP contribution in [0.25, 0.3) is 0 Å². The molecule has 1 aliphatic carbocycles. The normalized spacial score (nSPS) is 28.3. The third kappa shape index (κ3) is 4.25. The minimum Gasteiger partial charge on any atom is -0.393 e. The van der Waals surface area contributed by atoms with Gasteiger partial charge in [0, 0.05) is 6.29 Å². The number of aliphatic hydroxyl groups excluding tert-OH is 1. The highest BCUT2D eigenvalue weighted by molar-refractivity contribution is 7.16. The summed E-state index contributed by atoms with van der Waals surface area (Å²) in [6.45, 7) is 4.59. The van der Waals surface area contributed by atoms with Crippen LogP contribution < -0.4 is 0 Å². The monoisotopic (exact) mass is 217 g/mol. The van der Waals surface area contributed by atoms with E-state index in [1.807, 2.05) is 0 Å². The number of aliphatic hydroxyl groups is 1. The lowest BCUT2D eigenvalue weighted by atomic mass is 9.85. The minimum absolute atomic E-state index is 0.00439. The molecule has 0 heterocycles. The fraction of sp³-hybridized carbons (Fsp3) is 1.00. The molecule has 1 atom stereocenters. The molecule has 0 aromatic rings. The van der Waals surface area contributed by atoms with Gasteiger partial charge < -0.3 is 10.0 Å². The summed E-state index contributed by atoms with van der Waals surface area (Å²) in [6.07, 6.45) is 6.91. The van der Waals surface area contributed by atoms with Gasteiger partial charge in [-0.2, -0.15) is 0 Å². The van der Waals surface area contributed by atoms with Gasteiger partial charge in [0.25, 0.3) is 0 Å². The third-order valence-corrected chi connectivity index (χ3v) is 3.89. The Labute approximate surface area is 90.3 Å². The molecule has 14 heavy (non-hydrogen) atoms. The highest BCUT2D eigenvalue weighted by Gasteiger charge is 2.19. The van der Waals surface area contributed by atoms with E-state index in [1.165, 1.54) is 25.8 Å². The number of rotatable bonds is 5. The summed E-state index contributed by atoms with van der Waals surface area (Å²) in [6, 6.07) is 0. The summed E-state index contributed by atoms with van der Waals surface area (Å²) in [7, 11) is 2.79. The summed E-state index contributed by atoms with van der Waals surface area (Å²) >= 11 is 0. The fourth-order valence-electron chi connectivity index (χ4n) is 2.18. The molecular formula is C11H24NOP. The zero-order valence-electron chi connectivity index (χ0n) is 9.28. The first-order valence-electron chi connectivity index (χ1n) is 5.86. The average molecular weight is 217 g/mol. The van der Waals surface area contributed by atoms with Crippen LogP contribution in [0, 0.1) is 5.92 Å². The van der Waals surface area contributed by atoms with Gasteiger partial charge in [-0.1, -0.05) is 6.92 Å². The molecule has 0 aromatic carbocycles. The predicted molar refractivity (Wildman–Crippen MR) is 64.4 cm³/mol. The second-order valence-corrected chi connectivity index (χ2v) is 4.72. The molecule has 2 nitrogen and oxygen atoms in total. The van der Waals surface area contributed by atoms with Gasteiger partial charge in [-0.15, -0.1) is 9.24 Å². The Morgan fingerprint density at radius 3 is 2.43 bits per heavy atom. The topological polar surface area (TPSA) is 23.5 Å². The van der Waals surface area contributed by atoms with E-state index in [4.69, 9.17) is 0 Å². The Morgan fingerprint density at radius 1 is 1.29 bits per heavy atom. The highest BCUT2D eigenvalue weighted by Crippen LogP contribution is 2.26. The second-order valence-electron chi connectivity index (χ2n) is 4.36. The Morgan fingerprint density at radius 2 is 1.93 bits per heavy atom. The molecule has 1 aliphatic rings. The van der Waals surface area contributed by atoms with Crippen LogP contribution in [-0.4, -0.2) is 35.5 Å².